The highest BCUT2D eigenvalue weighted by molar-refractivity contribution is 6.30. The van der Waals surface area contributed by atoms with E-state index in [-0.39, 0.29) is 5.82 Å². The van der Waals surface area contributed by atoms with Gasteiger partial charge in [0.15, 0.2) is 0 Å². The van der Waals surface area contributed by atoms with Crippen molar-refractivity contribution in [2.45, 2.75) is 45.1 Å². The van der Waals surface area contributed by atoms with Gasteiger partial charge in [-0.3, -0.25) is 0 Å². The van der Waals surface area contributed by atoms with Crippen LogP contribution >= 0.6 is 11.6 Å². The van der Waals surface area contributed by atoms with Crippen molar-refractivity contribution in [2.75, 3.05) is 0 Å². The smallest absolute Gasteiger partial charge is 0.126 e. The van der Waals surface area contributed by atoms with Crippen molar-refractivity contribution < 1.29 is 9.50 Å². The molecular formula is C13H18ClFO. The molecule has 3 heteroatoms. The highest BCUT2D eigenvalue weighted by Crippen LogP contribution is 2.18. The van der Waals surface area contributed by atoms with Crippen molar-refractivity contribution >= 4 is 11.6 Å². The van der Waals surface area contributed by atoms with Crippen LogP contribution in [0.2, 0.25) is 5.02 Å². The molecule has 0 fully saturated rings. The molecule has 1 N–H and O–H groups in total. The zero-order valence-corrected chi connectivity index (χ0v) is 10.3. The van der Waals surface area contributed by atoms with E-state index >= 15 is 0 Å². The summed E-state index contributed by atoms with van der Waals surface area (Å²) in [5.41, 5.74) is 0.497. The third-order valence-electron chi connectivity index (χ3n) is 2.60. The Morgan fingerprint density at radius 1 is 1.38 bits per heavy atom. The molecule has 0 bridgehead atoms. The number of hydrogen-bond donors (Lipinski definition) is 1. The molecular weight excluding hydrogens is 227 g/mol. The third-order valence-corrected chi connectivity index (χ3v) is 2.84. The van der Waals surface area contributed by atoms with Gasteiger partial charge in [-0.05, 0) is 30.2 Å². The first-order valence-corrected chi connectivity index (χ1v) is 6.13. The van der Waals surface area contributed by atoms with E-state index in [1.165, 1.54) is 12.1 Å². The van der Waals surface area contributed by atoms with Crippen LogP contribution in [0.5, 0.6) is 0 Å². The minimum atomic E-state index is -0.473. The monoisotopic (exact) mass is 244 g/mol. The number of benzene rings is 1. The lowest BCUT2D eigenvalue weighted by atomic mass is 10.0. The number of aliphatic hydroxyl groups is 1. The van der Waals surface area contributed by atoms with Gasteiger partial charge in [-0.2, -0.15) is 0 Å². The van der Waals surface area contributed by atoms with Gasteiger partial charge in [0.2, 0.25) is 0 Å². The van der Waals surface area contributed by atoms with E-state index in [0.29, 0.717) is 17.0 Å². The molecule has 0 saturated heterocycles. The summed E-state index contributed by atoms with van der Waals surface area (Å²) in [6.07, 6.45) is 3.81. The Labute approximate surface area is 101 Å². The molecule has 90 valence electrons. The van der Waals surface area contributed by atoms with Gasteiger partial charge >= 0.3 is 0 Å². The zero-order valence-electron chi connectivity index (χ0n) is 9.55. The van der Waals surface area contributed by atoms with Crippen molar-refractivity contribution in [3.63, 3.8) is 0 Å². The topological polar surface area (TPSA) is 20.2 Å². The molecule has 1 atom stereocenters. The largest absolute Gasteiger partial charge is 0.393 e. The molecule has 0 aromatic heterocycles. The van der Waals surface area contributed by atoms with E-state index in [1.807, 2.05) is 0 Å². The lowest BCUT2D eigenvalue weighted by molar-refractivity contribution is 0.160. The Hall–Kier alpha value is -0.600. The molecule has 1 rings (SSSR count). The van der Waals surface area contributed by atoms with Gasteiger partial charge in [-0.15, -0.1) is 0 Å². The average molecular weight is 245 g/mol. The maximum absolute atomic E-state index is 13.3. The van der Waals surface area contributed by atoms with Crippen molar-refractivity contribution in [1.82, 2.24) is 0 Å². The summed E-state index contributed by atoms with van der Waals surface area (Å²) in [6.45, 7) is 2.11. The number of halogens is 2. The van der Waals surface area contributed by atoms with Crippen molar-refractivity contribution in [2.24, 2.45) is 0 Å². The quantitative estimate of drug-likeness (QED) is 0.751. The van der Waals surface area contributed by atoms with Gasteiger partial charge in [-0.1, -0.05) is 37.8 Å². The molecule has 0 heterocycles. The first-order valence-electron chi connectivity index (χ1n) is 5.75. The van der Waals surface area contributed by atoms with Crippen LogP contribution in [0.4, 0.5) is 4.39 Å². The first kappa shape index (κ1) is 13.5. The predicted octanol–water partition coefficient (Wildman–Crippen LogP) is 3.96. The second-order valence-electron chi connectivity index (χ2n) is 4.09. The van der Waals surface area contributed by atoms with Gasteiger partial charge in [0.25, 0.3) is 0 Å². The summed E-state index contributed by atoms with van der Waals surface area (Å²) >= 11 is 5.78. The fourth-order valence-electron chi connectivity index (χ4n) is 1.69. The highest BCUT2D eigenvalue weighted by Gasteiger charge is 2.09. The van der Waals surface area contributed by atoms with Crippen LogP contribution in [0.1, 0.15) is 38.2 Å². The molecule has 0 radical (unpaired) electrons. The molecule has 1 aromatic rings. The fourth-order valence-corrected chi connectivity index (χ4v) is 1.88. The van der Waals surface area contributed by atoms with Crippen LogP contribution in [-0.4, -0.2) is 11.2 Å². The average Bonchev–Trinajstić information content (AvgIpc) is 2.24. The van der Waals surface area contributed by atoms with Crippen LogP contribution in [0, 0.1) is 5.82 Å². The summed E-state index contributed by atoms with van der Waals surface area (Å²) in [5.74, 6) is -0.293. The molecule has 1 nitrogen and oxygen atoms in total. The summed E-state index contributed by atoms with van der Waals surface area (Å²) in [4.78, 5) is 0. The molecule has 0 aliphatic rings. The fraction of sp³-hybridized carbons (Fsp3) is 0.538. The van der Waals surface area contributed by atoms with E-state index in [1.54, 1.807) is 6.07 Å². The molecule has 16 heavy (non-hydrogen) atoms. The minimum absolute atomic E-state index is 0.293. The number of rotatable bonds is 6. The zero-order chi connectivity index (χ0) is 12.0. The molecule has 0 aliphatic carbocycles. The Bertz CT molecular complexity index is 328. The molecule has 1 aromatic carbocycles. The maximum Gasteiger partial charge on any atom is 0.126 e. The minimum Gasteiger partial charge on any atom is -0.393 e. The van der Waals surface area contributed by atoms with Crippen LogP contribution in [0.15, 0.2) is 18.2 Å². The highest BCUT2D eigenvalue weighted by atomic mass is 35.5. The van der Waals surface area contributed by atoms with E-state index < -0.39 is 6.10 Å². The van der Waals surface area contributed by atoms with Crippen molar-refractivity contribution in [3.8, 4) is 0 Å². The van der Waals surface area contributed by atoms with E-state index in [0.717, 1.165) is 25.7 Å². The maximum atomic E-state index is 13.3. The third kappa shape index (κ3) is 4.50. The molecule has 0 spiro atoms. The molecule has 0 amide bonds. The van der Waals surface area contributed by atoms with Gasteiger partial charge in [0.1, 0.15) is 5.82 Å². The van der Waals surface area contributed by atoms with Gasteiger partial charge in [-0.25, -0.2) is 4.39 Å². The summed E-state index contributed by atoms with van der Waals surface area (Å²) in [5, 5.41) is 10.2. The van der Waals surface area contributed by atoms with Crippen LogP contribution < -0.4 is 0 Å². The van der Waals surface area contributed by atoms with Crippen molar-refractivity contribution in [3.05, 3.63) is 34.6 Å². The predicted molar refractivity (Wildman–Crippen MR) is 65.3 cm³/mol. The lowest BCUT2D eigenvalue weighted by Crippen LogP contribution is -2.11. The standard InChI is InChI=1S/C13H18ClFO/c1-2-3-4-5-12(16)9-10-8-11(14)6-7-13(10)15/h6-8,12,16H,2-5,9H2,1H3. The van der Waals surface area contributed by atoms with E-state index in [2.05, 4.69) is 6.92 Å². The second kappa shape index (κ2) is 6.87. The lowest BCUT2D eigenvalue weighted by Gasteiger charge is -2.11. The normalized spacial score (nSPS) is 12.8. The molecule has 0 aliphatic heterocycles. The van der Waals surface area contributed by atoms with Gasteiger partial charge < -0.3 is 5.11 Å². The Balaban J connectivity index is 2.48. The van der Waals surface area contributed by atoms with Crippen LogP contribution in [0.3, 0.4) is 0 Å². The Morgan fingerprint density at radius 3 is 2.81 bits per heavy atom. The van der Waals surface area contributed by atoms with E-state index in [9.17, 15) is 9.50 Å². The number of unbranched alkanes of at least 4 members (excludes halogenated alkanes) is 2. The van der Waals surface area contributed by atoms with E-state index in [4.69, 9.17) is 11.6 Å². The van der Waals surface area contributed by atoms with Crippen LogP contribution in [0.25, 0.3) is 0 Å². The van der Waals surface area contributed by atoms with Gasteiger partial charge in [0, 0.05) is 11.4 Å². The van der Waals surface area contributed by atoms with Gasteiger partial charge in [0.05, 0.1) is 6.10 Å². The number of hydrogen-bond acceptors (Lipinski definition) is 1. The first-order chi connectivity index (χ1) is 7.63. The SMILES string of the molecule is CCCCCC(O)Cc1cc(Cl)ccc1F. The summed E-state index contributed by atoms with van der Waals surface area (Å²) in [6, 6.07) is 4.44. The summed E-state index contributed by atoms with van der Waals surface area (Å²) in [7, 11) is 0. The molecule has 0 saturated carbocycles. The summed E-state index contributed by atoms with van der Waals surface area (Å²) < 4.78 is 13.3. The van der Waals surface area contributed by atoms with Crippen LogP contribution in [-0.2, 0) is 6.42 Å². The Kier molecular flexibility index (Phi) is 5.78. The number of aliphatic hydroxyl groups excluding tert-OH is 1. The van der Waals surface area contributed by atoms with Crippen molar-refractivity contribution in [1.29, 1.82) is 0 Å². The second-order valence-corrected chi connectivity index (χ2v) is 4.53. The Morgan fingerprint density at radius 2 is 2.12 bits per heavy atom. The molecule has 1 unspecified atom stereocenters.